The summed E-state index contributed by atoms with van der Waals surface area (Å²) >= 11 is 5.55. The van der Waals surface area contributed by atoms with Crippen LogP contribution in [0.4, 0.5) is 10.1 Å². The van der Waals surface area contributed by atoms with Crippen LogP contribution in [0.2, 0.25) is 5.02 Å². The number of hydrogen-bond donors (Lipinski definition) is 1. The third-order valence-electron chi connectivity index (χ3n) is 2.78. The van der Waals surface area contributed by atoms with Gasteiger partial charge in [-0.2, -0.15) is 5.26 Å². The Morgan fingerprint density at radius 2 is 1.95 bits per heavy atom. The Morgan fingerprint density at radius 1 is 1.24 bits per heavy atom. The number of halogens is 2. The predicted molar refractivity (Wildman–Crippen MR) is 78.1 cm³/mol. The predicted octanol–water partition coefficient (Wildman–Crippen LogP) is 3.46. The Morgan fingerprint density at radius 3 is 2.57 bits per heavy atom. The van der Waals surface area contributed by atoms with Gasteiger partial charge in [0, 0.05) is 0 Å². The molecule has 1 N–H and O–H groups in total. The van der Waals surface area contributed by atoms with Crippen LogP contribution in [0.3, 0.4) is 0 Å². The van der Waals surface area contributed by atoms with Gasteiger partial charge < -0.3 is 0 Å². The number of nitriles is 1. The molecule has 2 aromatic rings. The third kappa shape index (κ3) is 3.32. The monoisotopic (exact) mass is 324 g/mol. The molecule has 0 fully saturated rings. The molecule has 0 radical (unpaired) electrons. The van der Waals surface area contributed by atoms with Crippen LogP contribution in [0.15, 0.2) is 41.3 Å². The second-order valence-electron chi connectivity index (χ2n) is 4.33. The molecule has 0 amide bonds. The van der Waals surface area contributed by atoms with Gasteiger partial charge >= 0.3 is 0 Å². The summed E-state index contributed by atoms with van der Waals surface area (Å²) in [7, 11) is -3.92. The Hall–Kier alpha value is -2.10. The molecule has 0 aliphatic carbocycles. The molecule has 0 aromatic heterocycles. The summed E-state index contributed by atoms with van der Waals surface area (Å²) in [5.74, 6) is -0.723. The van der Waals surface area contributed by atoms with Crippen molar-refractivity contribution in [1.82, 2.24) is 0 Å². The van der Waals surface area contributed by atoms with Gasteiger partial charge in [0.05, 0.1) is 27.2 Å². The van der Waals surface area contributed by atoms with Crippen molar-refractivity contribution in [3.63, 3.8) is 0 Å². The highest BCUT2D eigenvalue weighted by molar-refractivity contribution is 7.92. The van der Waals surface area contributed by atoms with Gasteiger partial charge in [0.15, 0.2) is 0 Å². The van der Waals surface area contributed by atoms with Gasteiger partial charge in [0.2, 0.25) is 0 Å². The van der Waals surface area contributed by atoms with Gasteiger partial charge in [0.25, 0.3) is 10.0 Å². The smallest absolute Gasteiger partial charge is 0.262 e. The lowest BCUT2D eigenvalue weighted by Crippen LogP contribution is -2.14. The number of benzene rings is 2. The van der Waals surface area contributed by atoms with E-state index < -0.39 is 15.8 Å². The van der Waals surface area contributed by atoms with Gasteiger partial charge in [0.1, 0.15) is 5.82 Å². The van der Waals surface area contributed by atoms with Gasteiger partial charge in [-0.3, -0.25) is 4.72 Å². The normalized spacial score (nSPS) is 11.0. The van der Waals surface area contributed by atoms with Gasteiger partial charge in [-0.25, -0.2) is 12.8 Å². The molecule has 2 aromatic carbocycles. The summed E-state index contributed by atoms with van der Waals surface area (Å²) in [4.78, 5) is -0.0306. The lowest BCUT2D eigenvalue weighted by molar-refractivity contribution is 0.600. The fourth-order valence-corrected chi connectivity index (χ4v) is 3.17. The maximum atomic E-state index is 13.3. The molecule has 0 atom stereocenters. The summed E-state index contributed by atoms with van der Waals surface area (Å²) in [5.41, 5.74) is 0.762. The molecule has 0 spiro atoms. The van der Waals surface area contributed by atoms with Crippen LogP contribution in [-0.4, -0.2) is 8.42 Å². The third-order valence-corrected chi connectivity index (χ3v) is 4.61. The molecule has 7 heteroatoms. The largest absolute Gasteiger partial charge is 0.280 e. The minimum absolute atomic E-state index is 0.0306. The minimum Gasteiger partial charge on any atom is -0.280 e. The van der Waals surface area contributed by atoms with E-state index in [1.54, 1.807) is 6.92 Å². The molecular formula is C14H10ClFN2O2S. The van der Waals surface area contributed by atoms with E-state index in [1.165, 1.54) is 30.3 Å². The molecule has 0 aliphatic rings. The standard InChI is InChI=1S/C14H10ClFN2O2S/c1-9-2-3-10(8-17)6-14(9)21(19,20)18-11-4-5-12(15)13(16)7-11/h2-7,18H,1H3. The van der Waals surface area contributed by atoms with Crippen molar-refractivity contribution in [1.29, 1.82) is 5.26 Å². The molecule has 4 nitrogen and oxygen atoms in total. The van der Waals surface area contributed by atoms with Gasteiger partial charge in [-0.1, -0.05) is 17.7 Å². The first-order chi connectivity index (χ1) is 9.83. The molecule has 2 rings (SSSR count). The number of sulfonamides is 1. The number of anilines is 1. The van der Waals surface area contributed by atoms with Crippen LogP contribution in [0.5, 0.6) is 0 Å². The maximum Gasteiger partial charge on any atom is 0.262 e. The van der Waals surface area contributed by atoms with E-state index >= 15 is 0 Å². The fourth-order valence-electron chi connectivity index (χ4n) is 1.73. The Kier molecular flexibility index (Phi) is 4.16. The van der Waals surface area contributed by atoms with E-state index in [0.717, 1.165) is 6.07 Å². The highest BCUT2D eigenvalue weighted by atomic mass is 35.5. The summed E-state index contributed by atoms with van der Waals surface area (Å²) in [6.07, 6.45) is 0. The fraction of sp³-hybridized carbons (Fsp3) is 0.0714. The number of hydrogen-bond acceptors (Lipinski definition) is 3. The Labute approximate surface area is 126 Å². The van der Waals surface area contributed by atoms with E-state index in [1.807, 2.05) is 6.07 Å². The summed E-state index contributed by atoms with van der Waals surface area (Å²) in [5, 5.41) is 8.75. The highest BCUT2D eigenvalue weighted by Gasteiger charge is 2.18. The van der Waals surface area contributed by atoms with Crippen molar-refractivity contribution >= 4 is 27.3 Å². The van der Waals surface area contributed by atoms with E-state index in [9.17, 15) is 12.8 Å². The SMILES string of the molecule is Cc1ccc(C#N)cc1S(=O)(=O)Nc1ccc(Cl)c(F)c1. The summed E-state index contributed by atoms with van der Waals surface area (Å²) < 4.78 is 40.2. The average molecular weight is 325 g/mol. The van der Waals surface area contributed by atoms with Gasteiger partial charge in [-0.15, -0.1) is 0 Å². The van der Waals surface area contributed by atoms with Crippen molar-refractivity contribution in [3.8, 4) is 6.07 Å². The van der Waals surface area contributed by atoms with Crippen molar-refractivity contribution in [3.05, 3.63) is 58.4 Å². The molecule has 0 bridgehead atoms. The zero-order chi connectivity index (χ0) is 15.6. The maximum absolute atomic E-state index is 13.3. The molecule has 0 heterocycles. The van der Waals surface area contributed by atoms with E-state index in [0.29, 0.717) is 5.56 Å². The molecule has 21 heavy (non-hydrogen) atoms. The van der Waals surface area contributed by atoms with E-state index in [-0.39, 0.29) is 21.2 Å². The van der Waals surface area contributed by atoms with Crippen molar-refractivity contribution in [2.24, 2.45) is 0 Å². The first kappa shape index (κ1) is 15.3. The van der Waals surface area contributed by atoms with Crippen LogP contribution >= 0.6 is 11.6 Å². The molecule has 0 aliphatic heterocycles. The molecule has 108 valence electrons. The molecule has 0 unspecified atom stereocenters. The highest BCUT2D eigenvalue weighted by Crippen LogP contribution is 2.23. The molecular weight excluding hydrogens is 315 g/mol. The van der Waals surface area contributed by atoms with Crippen LogP contribution in [0.1, 0.15) is 11.1 Å². The molecule has 0 saturated heterocycles. The number of aryl methyl sites for hydroxylation is 1. The zero-order valence-electron chi connectivity index (χ0n) is 10.9. The topological polar surface area (TPSA) is 70.0 Å². The van der Waals surface area contributed by atoms with E-state index in [4.69, 9.17) is 16.9 Å². The van der Waals surface area contributed by atoms with Crippen molar-refractivity contribution in [2.75, 3.05) is 4.72 Å². The molecule has 0 saturated carbocycles. The van der Waals surface area contributed by atoms with Crippen LogP contribution in [0.25, 0.3) is 0 Å². The summed E-state index contributed by atoms with van der Waals surface area (Å²) in [6.45, 7) is 1.61. The van der Waals surface area contributed by atoms with Crippen molar-refractivity contribution in [2.45, 2.75) is 11.8 Å². The van der Waals surface area contributed by atoms with Crippen LogP contribution in [-0.2, 0) is 10.0 Å². The average Bonchev–Trinajstić information content (AvgIpc) is 2.43. The quantitative estimate of drug-likeness (QED) is 0.940. The van der Waals surface area contributed by atoms with Crippen LogP contribution < -0.4 is 4.72 Å². The second kappa shape index (κ2) is 5.72. The first-order valence-corrected chi connectivity index (χ1v) is 7.68. The minimum atomic E-state index is -3.92. The first-order valence-electron chi connectivity index (χ1n) is 5.82. The van der Waals surface area contributed by atoms with Crippen LogP contribution in [0, 0.1) is 24.1 Å². The lowest BCUT2D eigenvalue weighted by atomic mass is 10.2. The van der Waals surface area contributed by atoms with Crippen molar-refractivity contribution < 1.29 is 12.8 Å². The number of rotatable bonds is 3. The second-order valence-corrected chi connectivity index (χ2v) is 6.38. The lowest BCUT2D eigenvalue weighted by Gasteiger charge is -2.11. The number of nitrogens with one attached hydrogen (secondary N) is 1. The Balaban J connectivity index is 2.43. The summed E-state index contributed by atoms with van der Waals surface area (Å²) in [6, 6.07) is 9.81. The Bertz CT molecular complexity index is 845. The van der Waals surface area contributed by atoms with E-state index in [2.05, 4.69) is 4.72 Å². The van der Waals surface area contributed by atoms with Gasteiger partial charge in [-0.05, 0) is 42.8 Å². The zero-order valence-corrected chi connectivity index (χ0v) is 12.5. The number of nitrogens with zero attached hydrogens (tertiary/aromatic N) is 1.